The Morgan fingerprint density at radius 1 is 1.39 bits per heavy atom. The number of nitrogens with zero attached hydrogens (tertiary/aromatic N) is 1. The third kappa shape index (κ3) is 2.06. The molecular formula is C14H14ClNO2. The van der Waals surface area contributed by atoms with Crippen LogP contribution in [0.4, 0.5) is 0 Å². The Hall–Kier alpha value is -1.61. The molecule has 0 aliphatic rings. The highest BCUT2D eigenvalue weighted by atomic mass is 35.5. The standard InChI is InChI=1S/C14H14ClNO2/c1-7(2)11-6-9(14(17)18)12-10(15)5-4-8(3)13(12)16-11/h4-7H,1-3H3,(H,17,18). The second-order valence-corrected chi connectivity index (χ2v) is 5.05. The third-order valence-corrected chi connectivity index (χ3v) is 3.27. The van der Waals surface area contributed by atoms with E-state index in [4.69, 9.17) is 11.6 Å². The minimum absolute atomic E-state index is 0.172. The van der Waals surface area contributed by atoms with Crippen LogP contribution in [-0.2, 0) is 0 Å². The number of benzene rings is 1. The van der Waals surface area contributed by atoms with Crippen LogP contribution >= 0.6 is 11.6 Å². The van der Waals surface area contributed by atoms with E-state index in [1.807, 2.05) is 26.8 Å². The maximum Gasteiger partial charge on any atom is 0.336 e. The number of hydrogen-bond donors (Lipinski definition) is 1. The van der Waals surface area contributed by atoms with E-state index in [0.717, 1.165) is 11.3 Å². The van der Waals surface area contributed by atoms with Crippen LogP contribution in [-0.4, -0.2) is 16.1 Å². The Morgan fingerprint density at radius 3 is 2.61 bits per heavy atom. The number of carboxylic acid groups (broad SMARTS) is 1. The molecule has 4 heteroatoms. The highest BCUT2D eigenvalue weighted by molar-refractivity contribution is 6.36. The normalized spacial score (nSPS) is 11.2. The lowest BCUT2D eigenvalue weighted by molar-refractivity contribution is 0.0699. The fourth-order valence-corrected chi connectivity index (χ4v) is 2.17. The summed E-state index contributed by atoms with van der Waals surface area (Å²) in [7, 11) is 0. The molecule has 0 atom stereocenters. The molecule has 1 heterocycles. The van der Waals surface area contributed by atoms with Crippen LogP contribution in [0.5, 0.6) is 0 Å². The van der Waals surface area contributed by atoms with Gasteiger partial charge in [-0.3, -0.25) is 4.98 Å². The maximum absolute atomic E-state index is 11.4. The lowest BCUT2D eigenvalue weighted by atomic mass is 10.0. The van der Waals surface area contributed by atoms with Gasteiger partial charge in [-0.2, -0.15) is 0 Å². The number of carbonyl (C=O) groups is 1. The Balaban J connectivity index is 2.94. The van der Waals surface area contributed by atoms with Gasteiger partial charge in [-0.05, 0) is 30.5 Å². The molecule has 1 aromatic carbocycles. The molecule has 0 bridgehead atoms. The molecule has 0 saturated heterocycles. The van der Waals surface area contributed by atoms with Crippen molar-refractivity contribution in [3.8, 4) is 0 Å². The fraction of sp³-hybridized carbons (Fsp3) is 0.286. The first-order valence-corrected chi connectivity index (χ1v) is 6.12. The molecule has 0 saturated carbocycles. The Bertz CT molecular complexity index is 635. The van der Waals surface area contributed by atoms with Crippen LogP contribution in [0.1, 0.15) is 41.4 Å². The number of aromatic carboxylic acids is 1. The SMILES string of the molecule is Cc1ccc(Cl)c2c(C(=O)O)cc(C(C)C)nc12. The summed E-state index contributed by atoms with van der Waals surface area (Å²) in [5.41, 5.74) is 2.59. The summed E-state index contributed by atoms with van der Waals surface area (Å²) in [5, 5.41) is 10.3. The highest BCUT2D eigenvalue weighted by Crippen LogP contribution is 2.30. The topological polar surface area (TPSA) is 50.2 Å². The zero-order chi connectivity index (χ0) is 13.4. The lowest BCUT2D eigenvalue weighted by Gasteiger charge is -2.12. The van der Waals surface area contributed by atoms with Gasteiger partial charge in [0.1, 0.15) is 0 Å². The van der Waals surface area contributed by atoms with Gasteiger partial charge in [-0.15, -0.1) is 0 Å². The van der Waals surface area contributed by atoms with Gasteiger partial charge in [0.2, 0.25) is 0 Å². The number of halogens is 1. The second kappa shape index (κ2) is 4.58. The van der Waals surface area contributed by atoms with E-state index in [0.29, 0.717) is 15.9 Å². The summed E-state index contributed by atoms with van der Waals surface area (Å²) >= 11 is 6.11. The summed E-state index contributed by atoms with van der Waals surface area (Å²) in [6.07, 6.45) is 0. The van der Waals surface area contributed by atoms with E-state index in [1.165, 1.54) is 0 Å². The fourth-order valence-electron chi connectivity index (χ4n) is 1.92. The summed E-state index contributed by atoms with van der Waals surface area (Å²) in [6, 6.07) is 5.18. The summed E-state index contributed by atoms with van der Waals surface area (Å²) < 4.78 is 0. The van der Waals surface area contributed by atoms with Crippen molar-refractivity contribution >= 4 is 28.5 Å². The van der Waals surface area contributed by atoms with Crippen LogP contribution in [0, 0.1) is 6.92 Å². The molecule has 18 heavy (non-hydrogen) atoms. The number of hydrogen-bond acceptors (Lipinski definition) is 2. The Morgan fingerprint density at radius 2 is 2.06 bits per heavy atom. The Labute approximate surface area is 110 Å². The zero-order valence-electron chi connectivity index (χ0n) is 10.5. The van der Waals surface area contributed by atoms with E-state index >= 15 is 0 Å². The average molecular weight is 264 g/mol. The molecule has 1 aromatic heterocycles. The molecule has 2 aromatic rings. The van der Waals surface area contributed by atoms with E-state index in [2.05, 4.69) is 4.98 Å². The van der Waals surface area contributed by atoms with Gasteiger partial charge in [0.15, 0.2) is 0 Å². The quantitative estimate of drug-likeness (QED) is 0.890. The van der Waals surface area contributed by atoms with E-state index in [-0.39, 0.29) is 11.5 Å². The number of rotatable bonds is 2. The van der Waals surface area contributed by atoms with Crippen molar-refractivity contribution in [3.63, 3.8) is 0 Å². The van der Waals surface area contributed by atoms with Crippen molar-refractivity contribution in [1.82, 2.24) is 4.98 Å². The van der Waals surface area contributed by atoms with E-state index in [1.54, 1.807) is 12.1 Å². The predicted octanol–water partition coefficient (Wildman–Crippen LogP) is 4.02. The van der Waals surface area contributed by atoms with Gasteiger partial charge in [-0.1, -0.05) is 31.5 Å². The lowest BCUT2D eigenvalue weighted by Crippen LogP contribution is -2.04. The van der Waals surface area contributed by atoms with E-state index in [9.17, 15) is 9.90 Å². The van der Waals surface area contributed by atoms with Crippen molar-refractivity contribution in [2.75, 3.05) is 0 Å². The first kappa shape index (κ1) is 12.8. The molecule has 0 fully saturated rings. The number of aryl methyl sites for hydroxylation is 1. The van der Waals surface area contributed by atoms with Crippen LogP contribution in [0.3, 0.4) is 0 Å². The van der Waals surface area contributed by atoms with Crippen molar-refractivity contribution in [2.45, 2.75) is 26.7 Å². The number of carboxylic acids is 1. The van der Waals surface area contributed by atoms with Crippen molar-refractivity contribution in [1.29, 1.82) is 0 Å². The smallest absolute Gasteiger partial charge is 0.336 e. The zero-order valence-corrected chi connectivity index (χ0v) is 11.2. The average Bonchev–Trinajstić information content (AvgIpc) is 2.32. The van der Waals surface area contributed by atoms with Crippen LogP contribution in [0.25, 0.3) is 10.9 Å². The first-order chi connectivity index (χ1) is 8.41. The van der Waals surface area contributed by atoms with Crippen LogP contribution in [0.15, 0.2) is 18.2 Å². The second-order valence-electron chi connectivity index (χ2n) is 4.64. The number of fused-ring (bicyclic) bond motifs is 1. The monoisotopic (exact) mass is 263 g/mol. The number of pyridine rings is 1. The van der Waals surface area contributed by atoms with Crippen molar-refractivity contribution in [2.24, 2.45) is 0 Å². The molecule has 94 valence electrons. The third-order valence-electron chi connectivity index (χ3n) is 2.95. The summed E-state index contributed by atoms with van der Waals surface area (Å²) in [6.45, 7) is 5.88. The first-order valence-electron chi connectivity index (χ1n) is 5.75. The molecule has 0 aliphatic heterocycles. The molecule has 0 unspecified atom stereocenters. The van der Waals surface area contributed by atoms with Gasteiger partial charge in [0.25, 0.3) is 0 Å². The van der Waals surface area contributed by atoms with Gasteiger partial charge >= 0.3 is 5.97 Å². The van der Waals surface area contributed by atoms with Crippen molar-refractivity contribution in [3.05, 3.63) is 40.0 Å². The van der Waals surface area contributed by atoms with Crippen LogP contribution in [0.2, 0.25) is 5.02 Å². The Kier molecular flexibility index (Phi) is 3.26. The molecule has 2 rings (SSSR count). The summed E-state index contributed by atoms with van der Waals surface area (Å²) in [5.74, 6) is -0.803. The van der Waals surface area contributed by atoms with Crippen LogP contribution < -0.4 is 0 Å². The predicted molar refractivity (Wildman–Crippen MR) is 72.5 cm³/mol. The van der Waals surface area contributed by atoms with Gasteiger partial charge in [0, 0.05) is 11.1 Å². The highest BCUT2D eigenvalue weighted by Gasteiger charge is 2.17. The molecule has 0 spiro atoms. The minimum Gasteiger partial charge on any atom is -0.478 e. The van der Waals surface area contributed by atoms with Gasteiger partial charge in [-0.25, -0.2) is 4.79 Å². The summed E-state index contributed by atoms with van der Waals surface area (Å²) in [4.78, 5) is 15.9. The molecule has 1 N–H and O–H groups in total. The molecule has 3 nitrogen and oxygen atoms in total. The van der Waals surface area contributed by atoms with Gasteiger partial charge < -0.3 is 5.11 Å². The molecule has 0 radical (unpaired) electrons. The minimum atomic E-state index is -0.975. The molecular weight excluding hydrogens is 250 g/mol. The largest absolute Gasteiger partial charge is 0.478 e. The molecule has 0 aliphatic carbocycles. The van der Waals surface area contributed by atoms with Crippen molar-refractivity contribution < 1.29 is 9.90 Å². The molecule has 0 amide bonds. The van der Waals surface area contributed by atoms with E-state index < -0.39 is 5.97 Å². The maximum atomic E-state index is 11.4. The number of aromatic nitrogens is 1. The van der Waals surface area contributed by atoms with Gasteiger partial charge in [0.05, 0.1) is 16.1 Å².